The Morgan fingerprint density at radius 1 is 1.41 bits per heavy atom. The molecule has 0 aliphatic heterocycles. The molecule has 2 nitrogen and oxygen atoms in total. The van der Waals surface area contributed by atoms with Crippen LogP contribution in [0.3, 0.4) is 0 Å². The van der Waals surface area contributed by atoms with Crippen LogP contribution in [0.4, 0.5) is 0 Å². The second-order valence-electron chi connectivity index (χ2n) is 5.88. The minimum atomic E-state index is -0.640. The molecule has 1 fully saturated rings. The summed E-state index contributed by atoms with van der Waals surface area (Å²) in [5.74, 6) is 0.780. The van der Waals surface area contributed by atoms with Crippen molar-refractivity contribution in [2.45, 2.75) is 46.0 Å². The first-order chi connectivity index (χ1) is 8.20. The van der Waals surface area contributed by atoms with Gasteiger partial charge in [0.15, 0.2) is 0 Å². The van der Waals surface area contributed by atoms with E-state index < -0.39 is 9.76 Å². The molecule has 0 unspecified atom stereocenters. The molecule has 2 rings (SSSR count). The highest BCUT2D eigenvalue weighted by Crippen LogP contribution is 2.43. The quantitative estimate of drug-likeness (QED) is 0.726. The summed E-state index contributed by atoms with van der Waals surface area (Å²) in [5.41, 5.74) is 0.480. The second kappa shape index (κ2) is 5.87. The molecule has 0 bridgehead atoms. The van der Waals surface area contributed by atoms with Gasteiger partial charge in [-0.25, -0.2) is 0 Å². The van der Waals surface area contributed by atoms with E-state index >= 15 is 0 Å². The van der Waals surface area contributed by atoms with E-state index in [0.717, 1.165) is 17.9 Å². The van der Waals surface area contributed by atoms with E-state index in [1.54, 1.807) is 6.26 Å². The van der Waals surface area contributed by atoms with Gasteiger partial charge in [-0.3, -0.25) is 0 Å². The highest BCUT2D eigenvalue weighted by Gasteiger charge is 2.34. The van der Waals surface area contributed by atoms with Crippen molar-refractivity contribution in [3.63, 3.8) is 0 Å². The highest BCUT2D eigenvalue weighted by molar-refractivity contribution is 6.44. The fraction of sp³-hybridized carbons (Fsp3) is 0.714. The van der Waals surface area contributed by atoms with Crippen molar-refractivity contribution < 1.29 is 8.84 Å². The van der Waals surface area contributed by atoms with Crippen LogP contribution in [-0.2, 0) is 4.43 Å². The van der Waals surface area contributed by atoms with E-state index in [-0.39, 0.29) is 0 Å². The van der Waals surface area contributed by atoms with Crippen LogP contribution in [0.2, 0.25) is 0 Å². The van der Waals surface area contributed by atoms with Crippen molar-refractivity contribution in [2.75, 3.05) is 6.61 Å². The van der Waals surface area contributed by atoms with Gasteiger partial charge < -0.3 is 8.84 Å². The van der Waals surface area contributed by atoms with Gasteiger partial charge in [0.1, 0.15) is 5.38 Å². The normalized spacial score (nSPS) is 19.7. The van der Waals surface area contributed by atoms with Gasteiger partial charge in [0.2, 0.25) is 9.76 Å². The zero-order valence-corrected chi connectivity index (χ0v) is 12.5. The Kier molecular flexibility index (Phi) is 4.46. The van der Waals surface area contributed by atoms with Gasteiger partial charge in [0.05, 0.1) is 6.26 Å². The average Bonchev–Trinajstić information content (AvgIpc) is 2.89. The zero-order valence-electron chi connectivity index (χ0n) is 11.1. The van der Waals surface area contributed by atoms with Gasteiger partial charge in [-0.1, -0.05) is 26.7 Å². The van der Waals surface area contributed by atoms with Crippen LogP contribution >= 0.6 is 0 Å². The largest absolute Gasteiger partial charge is 0.472 e. The number of hydrogen-bond acceptors (Lipinski definition) is 2. The maximum absolute atomic E-state index is 6.01. The minimum Gasteiger partial charge on any atom is -0.472 e. The Hall–Kier alpha value is -0.543. The van der Waals surface area contributed by atoms with E-state index in [1.165, 1.54) is 32.1 Å². The molecule has 0 radical (unpaired) electrons. The SMILES string of the molecule is CC(C)CC1(CO[SiH2]c2ccco2)CCCC1. The third kappa shape index (κ3) is 3.71. The van der Waals surface area contributed by atoms with Crippen LogP contribution in [0.5, 0.6) is 0 Å². The van der Waals surface area contributed by atoms with Crippen LogP contribution in [0.1, 0.15) is 46.0 Å². The van der Waals surface area contributed by atoms with Crippen LogP contribution in [0, 0.1) is 11.3 Å². The first-order valence-electron chi connectivity index (χ1n) is 6.80. The molecule has 1 saturated carbocycles. The molecular formula is C14H24O2Si. The lowest BCUT2D eigenvalue weighted by molar-refractivity contribution is 0.128. The molecule has 0 spiro atoms. The monoisotopic (exact) mass is 252 g/mol. The summed E-state index contributed by atoms with van der Waals surface area (Å²) in [6.45, 7) is 5.60. The lowest BCUT2D eigenvalue weighted by atomic mass is 9.79. The smallest absolute Gasteiger partial charge is 0.233 e. The molecule has 1 aromatic rings. The molecule has 0 amide bonds. The summed E-state index contributed by atoms with van der Waals surface area (Å²) in [5, 5.41) is 1.07. The first kappa shape index (κ1) is 12.9. The Bertz CT molecular complexity index is 313. The van der Waals surface area contributed by atoms with Crippen molar-refractivity contribution in [2.24, 2.45) is 11.3 Å². The Balaban J connectivity index is 1.81. The Morgan fingerprint density at radius 2 is 2.18 bits per heavy atom. The Labute approximate surface area is 107 Å². The third-order valence-corrected chi connectivity index (χ3v) is 4.83. The van der Waals surface area contributed by atoms with E-state index in [4.69, 9.17) is 8.84 Å². The van der Waals surface area contributed by atoms with Crippen molar-refractivity contribution in [1.82, 2.24) is 0 Å². The lowest BCUT2D eigenvalue weighted by Crippen LogP contribution is -2.29. The third-order valence-electron chi connectivity index (χ3n) is 3.74. The molecule has 1 aromatic heterocycles. The predicted octanol–water partition coefficient (Wildman–Crippen LogP) is 2.61. The van der Waals surface area contributed by atoms with Gasteiger partial charge in [0, 0.05) is 6.61 Å². The van der Waals surface area contributed by atoms with E-state index in [2.05, 4.69) is 13.8 Å². The van der Waals surface area contributed by atoms with Crippen molar-refractivity contribution in [3.8, 4) is 0 Å². The first-order valence-corrected chi connectivity index (χ1v) is 8.09. The summed E-state index contributed by atoms with van der Waals surface area (Å²) < 4.78 is 11.4. The fourth-order valence-corrected chi connectivity index (χ4v) is 4.29. The Morgan fingerprint density at radius 3 is 2.76 bits per heavy atom. The molecule has 0 aromatic carbocycles. The maximum Gasteiger partial charge on any atom is 0.233 e. The maximum atomic E-state index is 6.01. The number of furan rings is 1. The minimum absolute atomic E-state index is 0.480. The molecule has 1 heterocycles. The number of rotatable bonds is 6. The van der Waals surface area contributed by atoms with Crippen LogP contribution < -0.4 is 5.38 Å². The molecule has 0 saturated heterocycles. The van der Waals surface area contributed by atoms with E-state index in [1.807, 2.05) is 12.1 Å². The lowest BCUT2D eigenvalue weighted by Gasteiger charge is -2.30. The van der Waals surface area contributed by atoms with Crippen molar-refractivity contribution in [1.29, 1.82) is 0 Å². The van der Waals surface area contributed by atoms with Gasteiger partial charge in [-0.2, -0.15) is 0 Å². The predicted molar refractivity (Wildman–Crippen MR) is 73.2 cm³/mol. The molecule has 17 heavy (non-hydrogen) atoms. The molecule has 0 N–H and O–H groups in total. The van der Waals surface area contributed by atoms with Gasteiger partial charge in [0.25, 0.3) is 0 Å². The summed E-state index contributed by atoms with van der Waals surface area (Å²) in [4.78, 5) is 0. The van der Waals surface area contributed by atoms with E-state index in [0.29, 0.717) is 5.41 Å². The van der Waals surface area contributed by atoms with Crippen LogP contribution in [-0.4, -0.2) is 16.4 Å². The fourth-order valence-electron chi connectivity index (χ4n) is 3.16. The summed E-state index contributed by atoms with van der Waals surface area (Å²) in [6, 6.07) is 3.99. The van der Waals surface area contributed by atoms with Crippen LogP contribution in [0.15, 0.2) is 22.8 Å². The van der Waals surface area contributed by atoms with E-state index in [9.17, 15) is 0 Å². The molecule has 3 heteroatoms. The van der Waals surface area contributed by atoms with Gasteiger partial charge >= 0.3 is 0 Å². The highest BCUT2D eigenvalue weighted by atomic mass is 28.2. The van der Waals surface area contributed by atoms with Gasteiger partial charge in [-0.15, -0.1) is 0 Å². The molecular weight excluding hydrogens is 228 g/mol. The molecule has 1 aliphatic carbocycles. The van der Waals surface area contributed by atoms with Crippen LogP contribution in [0.25, 0.3) is 0 Å². The van der Waals surface area contributed by atoms with Crippen molar-refractivity contribution >= 4 is 15.1 Å². The zero-order chi connectivity index (χ0) is 12.1. The standard InChI is InChI=1S/C14H24O2Si/c1-12(2)10-14(7-3-4-8-14)11-16-17-13-6-5-9-15-13/h5-6,9,12H,3-4,7-8,10-11,17H2,1-2H3. The molecule has 0 atom stereocenters. The van der Waals surface area contributed by atoms with Crippen molar-refractivity contribution in [3.05, 3.63) is 18.4 Å². The number of hydrogen-bond donors (Lipinski definition) is 0. The molecule has 96 valence electrons. The second-order valence-corrected chi connectivity index (χ2v) is 7.27. The van der Waals surface area contributed by atoms with Gasteiger partial charge in [-0.05, 0) is 42.7 Å². The average molecular weight is 252 g/mol. The molecule has 1 aliphatic rings. The summed E-state index contributed by atoms with van der Waals surface area (Å²) in [7, 11) is -0.640. The topological polar surface area (TPSA) is 22.4 Å². The summed E-state index contributed by atoms with van der Waals surface area (Å²) >= 11 is 0. The summed E-state index contributed by atoms with van der Waals surface area (Å²) in [6.07, 6.45) is 8.55.